The number of rotatable bonds is 11. The molecule has 0 aromatic carbocycles. The van der Waals surface area contributed by atoms with Gasteiger partial charge in [0.15, 0.2) is 4.34 Å². The Bertz CT molecular complexity index is 1430. The van der Waals surface area contributed by atoms with E-state index in [9.17, 15) is 19.2 Å². The largest absolute Gasteiger partial charge is 0.455 e. The van der Waals surface area contributed by atoms with Crippen molar-refractivity contribution in [1.82, 2.24) is 25.7 Å². The minimum atomic E-state index is -1.06. The van der Waals surface area contributed by atoms with E-state index in [1.54, 1.807) is 47.6 Å². The monoisotopic (exact) mass is 683 g/mol. The zero-order valence-electron chi connectivity index (χ0n) is 25.7. The lowest BCUT2D eigenvalue weighted by molar-refractivity contribution is -0.157. The normalized spacial score (nSPS) is 19.9. The van der Waals surface area contributed by atoms with Crippen molar-refractivity contribution in [2.45, 2.75) is 93.7 Å². The van der Waals surface area contributed by atoms with Crippen LogP contribution < -0.4 is 10.6 Å². The molecule has 0 aliphatic carbocycles. The summed E-state index contributed by atoms with van der Waals surface area (Å²) < 4.78 is 17.9. The van der Waals surface area contributed by atoms with Crippen molar-refractivity contribution < 1.29 is 33.4 Å². The molecule has 1 saturated heterocycles. The number of β-lactam (4-membered cyclic amide) rings is 1. The van der Waals surface area contributed by atoms with Gasteiger partial charge in [-0.05, 0) is 66.7 Å². The fraction of sp³-hybridized carbons (Fsp3) is 0.571. The number of aromatic nitrogens is 2. The molecule has 2 N–H and O–H groups in total. The van der Waals surface area contributed by atoms with E-state index in [0.717, 1.165) is 19.1 Å². The first-order valence-electron chi connectivity index (χ1n) is 13.8. The second-order valence-electron chi connectivity index (χ2n) is 12.0. The number of carbonyl (C=O) groups is 4. The lowest BCUT2D eigenvalue weighted by Crippen LogP contribution is -2.58. The highest BCUT2D eigenvalue weighted by atomic mass is 32.2. The maximum Gasteiger partial charge on any atom is 0.407 e. The third kappa shape index (κ3) is 9.67. The predicted octanol–water partition coefficient (Wildman–Crippen LogP) is 4.58. The van der Waals surface area contributed by atoms with Crippen LogP contribution in [0.4, 0.5) is 4.79 Å². The Balaban J connectivity index is 1.40. The average Bonchev–Trinajstić information content (AvgIpc) is 3.51. The highest BCUT2D eigenvalue weighted by molar-refractivity contribution is 8.05. The Morgan fingerprint density at radius 3 is 2.39 bits per heavy atom. The van der Waals surface area contributed by atoms with Gasteiger partial charge in [0, 0.05) is 15.5 Å². The molecule has 2 aliphatic heterocycles. The molecule has 1 fully saturated rings. The summed E-state index contributed by atoms with van der Waals surface area (Å²) in [5.74, 6) is -0.671. The van der Waals surface area contributed by atoms with Crippen LogP contribution in [0.15, 0.2) is 28.2 Å². The van der Waals surface area contributed by atoms with Crippen LogP contribution in [-0.4, -0.2) is 73.0 Å². The van der Waals surface area contributed by atoms with Crippen molar-refractivity contribution in [2.75, 3.05) is 12.5 Å². The van der Waals surface area contributed by atoms with E-state index >= 15 is 0 Å². The van der Waals surface area contributed by atoms with Crippen molar-refractivity contribution in [3.05, 3.63) is 38.7 Å². The van der Waals surface area contributed by atoms with E-state index in [4.69, 9.17) is 14.2 Å². The number of fused-ring (bicyclic) bond motifs is 1. The molecule has 44 heavy (non-hydrogen) atoms. The number of thiophene rings is 1. The molecule has 1 unspecified atom stereocenters. The maximum absolute atomic E-state index is 13.2. The third-order valence-electron chi connectivity index (χ3n) is 5.81. The number of esters is 1. The molecule has 3 amide bonds. The van der Waals surface area contributed by atoms with Gasteiger partial charge in [-0.2, -0.15) is 0 Å². The molecule has 0 spiro atoms. The molecule has 2 aliphatic rings. The standard InChI is InChI=1S/C28H37N5O7S4/c1-16-31-32-25(42-16)41-14-28(12-19(23(36)39-26(2,3)4)33-21(35)11-22(33)44-28)38-15-30-20(34)10-17-8-9-18(43-17)13-29-24(37)40-27(5,6)7/h8-9,12,22H,10-11,13-15H2,1-7H3,(H,29,37)(H,30,34)/t22-,28?/m1/s1. The SMILES string of the molecule is Cc1nnc(SCC2(OCNC(=O)Cc3ccc(CNC(=O)OC(C)(C)C)s3)C=C(C(=O)OC(C)(C)C)N3C(=O)C[C@H]3S2)s1. The fourth-order valence-corrected chi connectivity index (χ4v) is 8.55. The van der Waals surface area contributed by atoms with Gasteiger partial charge in [0.05, 0.1) is 24.8 Å². The molecule has 2 aromatic heterocycles. The van der Waals surface area contributed by atoms with Crippen molar-refractivity contribution in [3.63, 3.8) is 0 Å². The van der Waals surface area contributed by atoms with Crippen molar-refractivity contribution in [2.24, 2.45) is 0 Å². The fourth-order valence-electron chi connectivity index (χ4n) is 4.04. The van der Waals surface area contributed by atoms with Crippen LogP contribution in [-0.2, 0) is 41.6 Å². The Morgan fingerprint density at radius 1 is 1.05 bits per heavy atom. The molecule has 4 heterocycles. The van der Waals surface area contributed by atoms with Gasteiger partial charge in [0.25, 0.3) is 0 Å². The number of hydrogen-bond acceptors (Lipinski definition) is 13. The van der Waals surface area contributed by atoms with Gasteiger partial charge in [0.2, 0.25) is 11.8 Å². The van der Waals surface area contributed by atoms with Gasteiger partial charge in [-0.3, -0.25) is 14.5 Å². The molecule has 16 heteroatoms. The van der Waals surface area contributed by atoms with Crippen LogP contribution in [0.5, 0.6) is 0 Å². The second kappa shape index (κ2) is 13.8. The minimum absolute atomic E-state index is 0.126. The topological polar surface area (TPSA) is 149 Å². The predicted molar refractivity (Wildman–Crippen MR) is 170 cm³/mol. The molecule has 2 aromatic rings. The van der Waals surface area contributed by atoms with Gasteiger partial charge in [0.1, 0.15) is 33.6 Å². The number of nitrogens with zero attached hydrogens (tertiary/aromatic N) is 3. The van der Waals surface area contributed by atoms with Crippen LogP contribution in [0.3, 0.4) is 0 Å². The van der Waals surface area contributed by atoms with Crippen molar-refractivity contribution >= 4 is 70.1 Å². The van der Waals surface area contributed by atoms with E-state index in [1.165, 1.54) is 51.1 Å². The maximum atomic E-state index is 13.2. The van der Waals surface area contributed by atoms with Gasteiger partial charge < -0.3 is 24.8 Å². The van der Waals surface area contributed by atoms with Crippen LogP contribution in [0, 0.1) is 6.92 Å². The van der Waals surface area contributed by atoms with Crippen LogP contribution >= 0.6 is 46.2 Å². The molecule has 240 valence electrons. The van der Waals surface area contributed by atoms with Gasteiger partial charge in [-0.25, -0.2) is 9.59 Å². The molecular weight excluding hydrogens is 647 g/mol. The van der Waals surface area contributed by atoms with E-state index in [0.29, 0.717) is 12.3 Å². The summed E-state index contributed by atoms with van der Waals surface area (Å²) in [6.07, 6.45) is 1.50. The average molecular weight is 684 g/mol. The molecule has 12 nitrogen and oxygen atoms in total. The Labute approximate surface area is 273 Å². The zero-order chi connectivity index (χ0) is 32.3. The molecule has 2 atom stereocenters. The van der Waals surface area contributed by atoms with Crippen LogP contribution in [0.25, 0.3) is 0 Å². The summed E-state index contributed by atoms with van der Waals surface area (Å²) in [6, 6.07) is 3.70. The van der Waals surface area contributed by atoms with E-state index in [2.05, 4.69) is 20.8 Å². The lowest BCUT2D eigenvalue weighted by Gasteiger charge is -2.49. The lowest BCUT2D eigenvalue weighted by atomic mass is 10.1. The highest BCUT2D eigenvalue weighted by Crippen LogP contribution is 2.49. The first-order valence-corrected chi connectivity index (χ1v) is 17.3. The van der Waals surface area contributed by atoms with E-state index in [1.807, 2.05) is 19.1 Å². The number of ether oxygens (including phenoxy) is 3. The van der Waals surface area contributed by atoms with E-state index < -0.39 is 28.2 Å². The molecule has 0 radical (unpaired) electrons. The smallest absolute Gasteiger partial charge is 0.407 e. The summed E-state index contributed by atoms with van der Waals surface area (Å²) in [7, 11) is 0. The quantitative estimate of drug-likeness (QED) is 0.148. The molecule has 0 bridgehead atoms. The number of carbonyl (C=O) groups excluding carboxylic acids is 4. The van der Waals surface area contributed by atoms with Gasteiger partial charge >= 0.3 is 12.1 Å². The third-order valence-corrected chi connectivity index (χ3v) is 10.6. The van der Waals surface area contributed by atoms with Crippen molar-refractivity contribution in [3.8, 4) is 0 Å². The van der Waals surface area contributed by atoms with Crippen LogP contribution in [0.1, 0.15) is 62.7 Å². The summed E-state index contributed by atoms with van der Waals surface area (Å²) in [6.45, 7) is 12.7. The number of thioether (sulfide) groups is 2. The van der Waals surface area contributed by atoms with Gasteiger partial charge in [-0.1, -0.05) is 34.9 Å². The van der Waals surface area contributed by atoms with Crippen LogP contribution in [0.2, 0.25) is 0 Å². The molecule has 0 saturated carbocycles. The first kappa shape index (κ1) is 34.2. The number of alkyl carbamates (subject to hydrolysis) is 1. The van der Waals surface area contributed by atoms with Crippen molar-refractivity contribution in [1.29, 1.82) is 0 Å². The summed E-state index contributed by atoms with van der Waals surface area (Å²) in [5, 5.41) is 14.3. The second-order valence-corrected chi connectivity index (χ2v) is 17.2. The Hall–Kier alpha value is -2.66. The number of nitrogens with one attached hydrogen (secondary N) is 2. The molecular formula is C28H37N5O7S4. The number of aryl methyl sites for hydroxylation is 1. The summed E-state index contributed by atoms with van der Waals surface area (Å²) in [4.78, 5) is 52.5. The Kier molecular flexibility index (Phi) is 10.7. The summed E-state index contributed by atoms with van der Waals surface area (Å²) >= 11 is 5.69. The van der Waals surface area contributed by atoms with Gasteiger partial charge in [-0.15, -0.1) is 21.5 Å². The Morgan fingerprint density at radius 2 is 1.75 bits per heavy atom. The number of amides is 3. The zero-order valence-corrected chi connectivity index (χ0v) is 28.9. The highest BCUT2D eigenvalue weighted by Gasteiger charge is 2.52. The summed E-state index contributed by atoms with van der Waals surface area (Å²) in [5.41, 5.74) is -1.21. The van der Waals surface area contributed by atoms with E-state index in [-0.39, 0.29) is 42.5 Å². The number of hydrogen-bond donors (Lipinski definition) is 2. The first-order chi connectivity index (χ1) is 20.5. The minimum Gasteiger partial charge on any atom is -0.455 e. The molecule has 4 rings (SSSR count).